The second-order valence-electron chi connectivity index (χ2n) is 5.53. The van der Waals surface area contributed by atoms with E-state index in [0.29, 0.717) is 23.6 Å². The van der Waals surface area contributed by atoms with Gasteiger partial charge in [0.05, 0.1) is 13.7 Å². The van der Waals surface area contributed by atoms with Crippen molar-refractivity contribution in [2.24, 2.45) is 0 Å². The number of methoxy groups -OCH3 is 1. The summed E-state index contributed by atoms with van der Waals surface area (Å²) in [7, 11) is 1.57. The van der Waals surface area contributed by atoms with Crippen molar-refractivity contribution in [1.29, 1.82) is 0 Å². The highest BCUT2D eigenvalue weighted by molar-refractivity contribution is 5.85. The monoisotopic (exact) mass is 369 g/mol. The third kappa shape index (κ3) is 6.20. The summed E-state index contributed by atoms with van der Waals surface area (Å²) in [6.07, 6.45) is 0.859. The molecule has 138 valence electrons. The molecule has 1 atom stereocenters. The summed E-state index contributed by atoms with van der Waals surface area (Å²) in [5.74, 6) is 0.883. The molecule has 0 fully saturated rings. The third-order valence-electron chi connectivity index (χ3n) is 3.88. The van der Waals surface area contributed by atoms with Crippen molar-refractivity contribution < 1.29 is 19.0 Å². The number of halogens is 2. The maximum absolute atomic E-state index is 13.6. The fourth-order valence-corrected chi connectivity index (χ4v) is 2.31. The van der Waals surface area contributed by atoms with E-state index in [1.54, 1.807) is 25.3 Å². The average Bonchev–Trinajstić information content (AvgIpc) is 2.62. The van der Waals surface area contributed by atoms with E-state index in [0.717, 1.165) is 12.0 Å². The van der Waals surface area contributed by atoms with Crippen LogP contribution < -0.4 is 14.8 Å². The Morgan fingerprint density at radius 2 is 1.92 bits per heavy atom. The van der Waals surface area contributed by atoms with E-state index in [2.05, 4.69) is 5.32 Å². The molecule has 2 aromatic rings. The first kappa shape index (κ1) is 21.2. The third-order valence-corrected chi connectivity index (χ3v) is 3.88. The lowest BCUT2D eigenvalue weighted by Gasteiger charge is -2.16. The minimum atomic E-state index is -0.285. The molecular weight excluding hydrogens is 345 g/mol. The molecule has 0 amide bonds. The number of aliphatic hydroxyl groups is 1. The Morgan fingerprint density at radius 1 is 1.16 bits per heavy atom. The molecule has 0 spiro atoms. The van der Waals surface area contributed by atoms with Crippen molar-refractivity contribution in [3.05, 3.63) is 59.4 Å². The van der Waals surface area contributed by atoms with Crippen LogP contribution in [-0.4, -0.2) is 24.9 Å². The SMILES string of the molecule is CCC(CO)NCc1ccc(OCc2ccccc2F)c(OC)c1.Cl. The number of rotatable bonds is 9. The summed E-state index contributed by atoms with van der Waals surface area (Å²) in [5.41, 5.74) is 1.52. The van der Waals surface area contributed by atoms with Crippen LogP contribution in [0.25, 0.3) is 0 Å². The van der Waals surface area contributed by atoms with Gasteiger partial charge in [-0.15, -0.1) is 12.4 Å². The molecule has 0 aromatic heterocycles. The van der Waals surface area contributed by atoms with E-state index in [1.807, 2.05) is 25.1 Å². The Kier molecular flexibility index (Phi) is 9.27. The molecule has 6 heteroatoms. The molecule has 2 rings (SSSR count). The van der Waals surface area contributed by atoms with Gasteiger partial charge in [-0.1, -0.05) is 31.2 Å². The minimum absolute atomic E-state index is 0. The summed E-state index contributed by atoms with van der Waals surface area (Å²) in [5, 5.41) is 12.5. The van der Waals surface area contributed by atoms with E-state index < -0.39 is 0 Å². The molecule has 0 bridgehead atoms. The van der Waals surface area contributed by atoms with Crippen LogP contribution >= 0.6 is 12.4 Å². The Morgan fingerprint density at radius 3 is 2.56 bits per heavy atom. The van der Waals surface area contributed by atoms with Crippen LogP contribution in [-0.2, 0) is 13.2 Å². The van der Waals surface area contributed by atoms with Gasteiger partial charge < -0.3 is 19.9 Å². The fraction of sp³-hybridized carbons (Fsp3) is 0.368. The standard InChI is InChI=1S/C19H24FNO3.ClH/c1-3-16(12-22)21-11-14-8-9-18(19(10-14)23-2)24-13-15-6-4-5-7-17(15)20;/h4-10,16,21-22H,3,11-13H2,1-2H3;1H. The van der Waals surface area contributed by atoms with Crippen molar-refractivity contribution in [3.8, 4) is 11.5 Å². The number of ether oxygens (including phenoxy) is 2. The molecule has 1 unspecified atom stereocenters. The molecule has 0 aliphatic carbocycles. The van der Waals surface area contributed by atoms with Gasteiger partial charge in [0.2, 0.25) is 0 Å². The molecule has 4 nitrogen and oxygen atoms in total. The summed E-state index contributed by atoms with van der Waals surface area (Å²) < 4.78 is 24.7. The second kappa shape index (κ2) is 10.9. The molecular formula is C19H25ClFNO3. The van der Waals surface area contributed by atoms with Crippen LogP contribution in [0.5, 0.6) is 11.5 Å². The first-order valence-corrected chi connectivity index (χ1v) is 8.05. The smallest absolute Gasteiger partial charge is 0.161 e. The van der Waals surface area contributed by atoms with Gasteiger partial charge in [0.15, 0.2) is 11.5 Å². The van der Waals surface area contributed by atoms with E-state index in [4.69, 9.17) is 9.47 Å². The highest BCUT2D eigenvalue weighted by atomic mass is 35.5. The Balaban J connectivity index is 0.00000312. The van der Waals surface area contributed by atoms with Gasteiger partial charge >= 0.3 is 0 Å². The largest absolute Gasteiger partial charge is 0.493 e. The van der Waals surface area contributed by atoms with Gasteiger partial charge in [0.25, 0.3) is 0 Å². The number of hydrogen-bond acceptors (Lipinski definition) is 4. The molecule has 0 radical (unpaired) electrons. The predicted molar refractivity (Wildman–Crippen MR) is 99.0 cm³/mol. The van der Waals surface area contributed by atoms with E-state index >= 15 is 0 Å². The van der Waals surface area contributed by atoms with Gasteiger partial charge in [-0.25, -0.2) is 4.39 Å². The van der Waals surface area contributed by atoms with Crippen molar-refractivity contribution in [3.63, 3.8) is 0 Å². The van der Waals surface area contributed by atoms with Crippen LogP contribution in [0.4, 0.5) is 4.39 Å². The van der Waals surface area contributed by atoms with Gasteiger partial charge in [-0.05, 0) is 30.2 Å². The van der Waals surface area contributed by atoms with Crippen LogP contribution in [0.1, 0.15) is 24.5 Å². The Hall–Kier alpha value is -1.82. The highest BCUT2D eigenvalue weighted by Crippen LogP contribution is 2.29. The molecule has 0 heterocycles. The topological polar surface area (TPSA) is 50.7 Å². The summed E-state index contributed by atoms with van der Waals surface area (Å²) in [6, 6.07) is 12.2. The maximum atomic E-state index is 13.6. The zero-order valence-electron chi connectivity index (χ0n) is 14.5. The fourth-order valence-electron chi connectivity index (χ4n) is 2.31. The molecule has 2 aromatic carbocycles. The molecule has 0 saturated carbocycles. The van der Waals surface area contributed by atoms with E-state index in [9.17, 15) is 9.50 Å². The first-order valence-electron chi connectivity index (χ1n) is 8.05. The average molecular weight is 370 g/mol. The molecule has 0 aliphatic rings. The lowest BCUT2D eigenvalue weighted by atomic mass is 10.1. The molecule has 0 aliphatic heterocycles. The van der Waals surface area contributed by atoms with Crippen molar-refractivity contribution in [2.75, 3.05) is 13.7 Å². The molecule has 2 N–H and O–H groups in total. The van der Waals surface area contributed by atoms with Crippen LogP contribution in [0.3, 0.4) is 0 Å². The maximum Gasteiger partial charge on any atom is 0.161 e. The van der Waals surface area contributed by atoms with Gasteiger partial charge in [-0.3, -0.25) is 0 Å². The lowest BCUT2D eigenvalue weighted by Crippen LogP contribution is -2.31. The summed E-state index contributed by atoms with van der Waals surface area (Å²) >= 11 is 0. The Labute approximate surface area is 154 Å². The zero-order chi connectivity index (χ0) is 17.4. The van der Waals surface area contributed by atoms with Crippen molar-refractivity contribution in [1.82, 2.24) is 5.32 Å². The molecule has 0 saturated heterocycles. The van der Waals surface area contributed by atoms with Gasteiger partial charge in [0.1, 0.15) is 12.4 Å². The van der Waals surface area contributed by atoms with Crippen molar-refractivity contribution in [2.45, 2.75) is 32.5 Å². The zero-order valence-corrected chi connectivity index (χ0v) is 15.3. The first-order chi connectivity index (χ1) is 11.7. The quantitative estimate of drug-likeness (QED) is 0.707. The van der Waals surface area contributed by atoms with Crippen molar-refractivity contribution >= 4 is 12.4 Å². The second-order valence-corrected chi connectivity index (χ2v) is 5.53. The van der Waals surface area contributed by atoms with Crippen LogP contribution in [0.2, 0.25) is 0 Å². The number of hydrogen-bond donors (Lipinski definition) is 2. The van der Waals surface area contributed by atoms with Gasteiger partial charge in [-0.2, -0.15) is 0 Å². The summed E-state index contributed by atoms with van der Waals surface area (Å²) in [6.45, 7) is 2.90. The highest BCUT2D eigenvalue weighted by Gasteiger charge is 2.09. The number of nitrogens with one attached hydrogen (secondary N) is 1. The molecule has 25 heavy (non-hydrogen) atoms. The summed E-state index contributed by atoms with van der Waals surface area (Å²) in [4.78, 5) is 0. The normalized spacial score (nSPS) is 11.5. The minimum Gasteiger partial charge on any atom is -0.493 e. The van der Waals surface area contributed by atoms with Crippen LogP contribution in [0.15, 0.2) is 42.5 Å². The predicted octanol–water partition coefficient (Wildman–Crippen LogP) is 3.70. The number of aliphatic hydroxyl groups excluding tert-OH is 1. The van der Waals surface area contributed by atoms with Gasteiger partial charge in [0, 0.05) is 18.2 Å². The van der Waals surface area contributed by atoms with Crippen LogP contribution in [0, 0.1) is 5.82 Å². The lowest BCUT2D eigenvalue weighted by molar-refractivity contribution is 0.238. The van der Waals surface area contributed by atoms with E-state index in [1.165, 1.54) is 6.07 Å². The Bertz CT molecular complexity index is 650. The number of benzene rings is 2. The van der Waals surface area contributed by atoms with E-state index in [-0.39, 0.29) is 37.5 Å².